The molecule has 0 aliphatic carbocycles. The summed E-state index contributed by atoms with van der Waals surface area (Å²) in [5.74, 6) is -0.889. The lowest BCUT2D eigenvalue weighted by molar-refractivity contribution is -0.136. The number of carboxylic acid groups (broad SMARTS) is 1. The van der Waals surface area contributed by atoms with E-state index in [1.165, 1.54) is 0 Å². The Balaban J connectivity index is 2.51. The largest absolute Gasteiger partial charge is 0.480 e. The van der Waals surface area contributed by atoms with Crippen LogP contribution in [0.2, 0.25) is 0 Å². The number of rotatable bonds is 4. The van der Waals surface area contributed by atoms with E-state index in [0.717, 1.165) is 19.3 Å². The number of carbonyl (C=O) groups is 2. The van der Waals surface area contributed by atoms with Crippen LogP contribution in [0.15, 0.2) is 0 Å². The minimum absolute atomic E-state index is 0.0166. The molecule has 1 rings (SSSR count). The predicted octanol–water partition coefficient (Wildman–Crippen LogP) is 1.45. The van der Waals surface area contributed by atoms with E-state index in [2.05, 4.69) is 5.32 Å². The quantitative estimate of drug-likeness (QED) is 0.810. The number of hydrogen-bond acceptors (Lipinski definition) is 4. The molecule has 1 heterocycles. The van der Waals surface area contributed by atoms with E-state index in [1.807, 2.05) is 20.8 Å². The monoisotopic (exact) mass is 272 g/mol. The van der Waals surface area contributed by atoms with Gasteiger partial charge in [-0.25, -0.2) is 4.79 Å². The molecule has 19 heavy (non-hydrogen) atoms. The molecule has 1 fully saturated rings. The maximum absolute atomic E-state index is 12.1. The molecule has 110 valence electrons. The van der Waals surface area contributed by atoms with Gasteiger partial charge in [-0.2, -0.15) is 0 Å². The Morgan fingerprint density at radius 3 is 2.63 bits per heavy atom. The van der Waals surface area contributed by atoms with Gasteiger partial charge in [0, 0.05) is 19.1 Å². The third-order valence-electron chi connectivity index (χ3n) is 2.91. The van der Waals surface area contributed by atoms with Gasteiger partial charge in [-0.1, -0.05) is 0 Å². The molecule has 0 radical (unpaired) electrons. The molecular formula is C13H24N2O4. The lowest BCUT2D eigenvalue weighted by Crippen LogP contribution is -2.50. The molecule has 1 amide bonds. The SMILES string of the molecule is CC(C)(C)OC(=O)N1CCCC[C@H]1CNCC(=O)O. The highest BCUT2D eigenvalue weighted by Crippen LogP contribution is 2.19. The topological polar surface area (TPSA) is 78.9 Å². The Kier molecular flexibility index (Phi) is 5.60. The van der Waals surface area contributed by atoms with E-state index in [4.69, 9.17) is 9.84 Å². The third kappa shape index (κ3) is 5.92. The Morgan fingerprint density at radius 1 is 1.37 bits per heavy atom. The van der Waals surface area contributed by atoms with E-state index >= 15 is 0 Å². The molecule has 0 unspecified atom stereocenters. The summed E-state index contributed by atoms with van der Waals surface area (Å²) in [6.45, 7) is 6.60. The van der Waals surface area contributed by atoms with Crippen LogP contribution in [0.5, 0.6) is 0 Å². The fraction of sp³-hybridized carbons (Fsp3) is 0.846. The average Bonchev–Trinajstić information content (AvgIpc) is 2.26. The number of aliphatic carboxylic acids is 1. The van der Waals surface area contributed by atoms with Gasteiger partial charge < -0.3 is 20.1 Å². The predicted molar refractivity (Wildman–Crippen MR) is 71.1 cm³/mol. The summed E-state index contributed by atoms with van der Waals surface area (Å²) in [5, 5.41) is 11.5. The van der Waals surface area contributed by atoms with E-state index in [0.29, 0.717) is 13.1 Å². The van der Waals surface area contributed by atoms with Crippen LogP contribution >= 0.6 is 0 Å². The first kappa shape index (κ1) is 15.8. The number of carbonyl (C=O) groups excluding carboxylic acids is 1. The highest BCUT2D eigenvalue weighted by Gasteiger charge is 2.30. The van der Waals surface area contributed by atoms with Crippen molar-refractivity contribution in [3.63, 3.8) is 0 Å². The molecule has 6 nitrogen and oxygen atoms in total. The maximum atomic E-state index is 12.1. The van der Waals surface area contributed by atoms with Crippen molar-refractivity contribution < 1.29 is 19.4 Å². The molecule has 0 aromatic heterocycles. The first-order valence-corrected chi connectivity index (χ1v) is 6.72. The fourth-order valence-electron chi connectivity index (χ4n) is 2.12. The van der Waals surface area contributed by atoms with Crippen molar-refractivity contribution in [1.29, 1.82) is 0 Å². The minimum atomic E-state index is -0.889. The lowest BCUT2D eigenvalue weighted by Gasteiger charge is -2.36. The van der Waals surface area contributed by atoms with Crippen LogP contribution in [0.1, 0.15) is 40.0 Å². The minimum Gasteiger partial charge on any atom is -0.480 e. The van der Waals surface area contributed by atoms with Gasteiger partial charge in [0.05, 0.1) is 6.54 Å². The molecule has 6 heteroatoms. The summed E-state index contributed by atoms with van der Waals surface area (Å²) < 4.78 is 5.38. The lowest BCUT2D eigenvalue weighted by atomic mass is 10.0. The van der Waals surface area contributed by atoms with Crippen molar-refractivity contribution >= 4 is 12.1 Å². The third-order valence-corrected chi connectivity index (χ3v) is 2.91. The molecule has 1 aliphatic rings. The van der Waals surface area contributed by atoms with Crippen molar-refractivity contribution in [1.82, 2.24) is 10.2 Å². The summed E-state index contributed by atoms with van der Waals surface area (Å²) in [4.78, 5) is 24.3. The number of amides is 1. The average molecular weight is 272 g/mol. The number of ether oxygens (including phenoxy) is 1. The van der Waals surface area contributed by atoms with Gasteiger partial charge in [0.25, 0.3) is 0 Å². The Morgan fingerprint density at radius 2 is 2.05 bits per heavy atom. The van der Waals surface area contributed by atoms with Crippen LogP contribution in [0.4, 0.5) is 4.79 Å². The van der Waals surface area contributed by atoms with Crippen molar-refractivity contribution in [2.45, 2.75) is 51.7 Å². The second kappa shape index (κ2) is 6.75. The molecule has 0 aromatic rings. The Labute approximate surface area is 114 Å². The van der Waals surface area contributed by atoms with Gasteiger partial charge in [0.2, 0.25) is 0 Å². The summed E-state index contributed by atoms with van der Waals surface area (Å²) in [7, 11) is 0. The number of nitrogens with zero attached hydrogens (tertiary/aromatic N) is 1. The molecule has 0 spiro atoms. The molecule has 2 N–H and O–H groups in total. The van der Waals surface area contributed by atoms with Crippen LogP contribution in [0.25, 0.3) is 0 Å². The maximum Gasteiger partial charge on any atom is 0.410 e. The van der Waals surface area contributed by atoms with Crippen LogP contribution in [-0.4, -0.2) is 53.3 Å². The van der Waals surface area contributed by atoms with Crippen LogP contribution in [-0.2, 0) is 9.53 Å². The zero-order chi connectivity index (χ0) is 14.5. The summed E-state index contributed by atoms with van der Waals surface area (Å²) in [5.41, 5.74) is -0.506. The number of carboxylic acids is 1. The molecule has 0 bridgehead atoms. The summed E-state index contributed by atoms with van der Waals surface area (Å²) in [6, 6.07) is 0.0166. The zero-order valence-electron chi connectivity index (χ0n) is 11.9. The van der Waals surface area contributed by atoms with Crippen molar-refractivity contribution in [3.05, 3.63) is 0 Å². The summed E-state index contributed by atoms with van der Waals surface area (Å²) >= 11 is 0. The smallest absolute Gasteiger partial charge is 0.410 e. The van der Waals surface area contributed by atoms with Crippen molar-refractivity contribution in [3.8, 4) is 0 Å². The van der Waals surface area contributed by atoms with E-state index in [9.17, 15) is 9.59 Å². The first-order chi connectivity index (χ1) is 8.79. The number of hydrogen-bond donors (Lipinski definition) is 2. The highest BCUT2D eigenvalue weighted by atomic mass is 16.6. The molecule has 1 saturated heterocycles. The van der Waals surface area contributed by atoms with Gasteiger partial charge in [-0.05, 0) is 40.0 Å². The van der Waals surface area contributed by atoms with E-state index in [-0.39, 0.29) is 18.7 Å². The van der Waals surface area contributed by atoms with Crippen molar-refractivity contribution in [2.24, 2.45) is 0 Å². The van der Waals surface area contributed by atoms with E-state index in [1.54, 1.807) is 4.90 Å². The van der Waals surface area contributed by atoms with Crippen molar-refractivity contribution in [2.75, 3.05) is 19.6 Å². The number of piperidine rings is 1. The molecular weight excluding hydrogens is 248 g/mol. The molecule has 1 aliphatic heterocycles. The summed E-state index contributed by atoms with van der Waals surface area (Å²) in [6.07, 6.45) is 2.59. The second-order valence-electron chi connectivity index (χ2n) is 5.85. The highest BCUT2D eigenvalue weighted by molar-refractivity contribution is 5.69. The van der Waals surface area contributed by atoms with Gasteiger partial charge in [0.1, 0.15) is 5.60 Å². The van der Waals surface area contributed by atoms with Gasteiger partial charge >= 0.3 is 12.1 Å². The fourth-order valence-corrected chi connectivity index (χ4v) is 2.12. The van der Waals surface area contributed by atoms with E-state index < -0.39 is 11.6 Å². The Hall–Kier alpha value is -1.30. The second-order valence-corrected chi connectivity index (χ2v) is 5.85. The Bertz CT molecular complexity index is 325. The zero-order valence-corrected chi connectivity index (χ0v) is 11.9. The molecule has 0 aromatic carbocycles. The molecule has 1 atom stereocenters. The number of likely N-dealkylation sites (tertiary alicyclic amines) is 1. The van der Waals surface area contributed by atoms with Gasteiger partial charge in [0.15, 0.2) is 0 Å². The van der Waals surface area contributed by atoms with Gasteiger partial charge in [-0.15, -0.1) is 0 Å². The normalized spacial score (nSPS) is 20.2. The van der Waals surface area contributed by atoms with Crippen LogP contribution in [0.3, 0.4) is 0 Å². The molecule has 0 saturated carbocycles. The number of nitrogens with one attached hydrogen (secondary N) is 1. The van der Waals surface area contributed by atoms with Crippen LogP contribution in [0, 0.1) is 0 Å². The first-order valence-electron chi connectivity index (χ1n) is 6.72. The standard InChI is InChI=1S/C13H24N2O4/c1-13(2,3)19-12(18)15-7-5-4-6-10(15)8-14-9-11(16)17/h10,14H,4-9H2,1-3H3,(H,16,17)/t10-/m0/s1. The van der Waals surface area contributed by atoms with Gasteiger partial charge in [-0.3, -0.25) is 4.79 Å². The van der Waals surface area contributed by atoms with Crippen LogP contribution < -0.4 is 5.32 Å².